The number of nitrogens with zero attached hydrogens (tertiary/aromatic N) is 3. The quantitative estimate of drug-likeness (QED) is 0.792. The van der Waals surface area contributed by atoms with Gasteiger partial charge in [-0.25, -0.2) is 0 Å². The van der Waals surface area contributed by atoms with E-state index >= 15 is 0 Å². The van der Waals surface area contributed by atoms with E-state index in [0.29, 0.717) is 12.5 Å². The number of rotatable bonds is 4. The topological polar surface area (TPSA) is 38.1 Å². The van der Waals surface area contributed by atoms with Gasteiger partial charge in [0, 0.05) is 32.4 Å². The van der Waals surface area contributed by atoms with E-state index in [4.69, 9.17) is 0 Å². The molecule has 0 saturated heterocycles. The molecule has 0 spiro atoms. The zero-order valence-electron chi connectivity index (χ0n) is 13.3. The third-order valence-corrected chi connectivity index (χ3v) is 4.24. The summed E-state index contributed by atoms with van der Waals surface area (Å²) in [6.07, 6.45) is 6.01. The van der Waals surface area contributed by atoms with Crippen LogP contribution in [-0.2, 0) is 18.4 Å². The van der Waals surface area contributed by atoms with Crippen LogP contribution in [0.5, 0.6) is 0 Å². The van der Waals surface area contributed by atoms with Gasteiger partial charge in [-0.3, -0.25) is 9.48 Å². The molecule has 4 heteroatoms. The van der Waals surface area contributed by atoms with Crippen LogP contribution in [0.15, 0.2) is 24.0 Å². The van der Waals surface area contributed by atoms with Gasteiger partial charge in [-0.2, -0.15) is 5.10 Å². The van der Waals surface area contributed by atoms with Crippen LogP contribution in [0.1, 0.15) is 33.3 Å². The average Bonchev–Trinajstić information content (AvgIpc) is 2.68. The summed E-state index contributed by atoms with van der Waals surface area (Å²) in [6.45, 7) is 9.17. The lowest BCUT2D eigenvalue weighted by Crippen LogP contribution is -2.29. The van der Waals surface area contributed by atoms with Crippen molar-refractivity contribution in [3.05, 3.63) is 29.6 Å². The zero-order valence-corrected chi connectivity index (χ0v) is 13.3. The van der Waals surface area contributed by atoms with E-state index in [1.807, 2.05) is 31.4 Å². The molecule has 4 nitrogen and oxygen atoms in total. The van der Waals surface area contributed by atoms with Crippen molar-refractivity contribution in [1.29, 1.82) is 0 Å². The Balaban J connectivity index is 2.03. The summed E-state index contributed by atoms with van der Waals surface area (Å²) in [5.41, 5.74) is 2.44. The minimum atomic E-state index is 0.0809. The first-order valence-corrected chi connectivity index (χ1v) is 7.11. The highest BCUT2D eigenvalue weighted by atomic mass is 16.2. The van der Waals surface area contributed by atoms with E-state index in [1.54, 1.807) is 4.68 Å². The molecule has 1 aliphatic rings. The van der Waals surface area contributed by atoms with Crippen LogP contribution in [0.3, 0.4) is 0 Å². The first kappa shape index (κ1) is 14.8. The molecule has 1 saturated carbocycles. The Morgan fingerprint density at radius 2 is 2.15 bits per heavy atom. The maximum absolute atomic E-state index is 12.6. The van der Waals surface area contributed by atoms with E-state index in [9.17, 15) is 4.79 Å². The molecule has 1 amide bonds. The third kappa shape index (κ3) is 2.79. The van der Waals surface area contributed by atoms with Crippen LogP contribution in [0.4, 0.5) is 0 Å². The van der Waals surface area contributed by atoms with Gasteiger partial charge in [-0.05, 0) is 25.2 Å². The molecule has 0 bridgehead atoms. The van der Waals surface area contributed by atoms with E-state index in [-0.39, 0.29) is 17.2 Å². The van der Waals surface area contributed by atoms with Crippen molar-refractivity contribution in [1.82, 2.24) is 14.7 Å². The van der Waals surface area contributed by atoms with Crippen molar-refractivity contribution >= 4 is 5.91 Å². The first-order valence-electron chi connectivity index (χ1n) is 7.11. The van der Waals surface area contributed by atoms with Gasteiger partial charge >= 0.3 is 0 Å². The Kier molecular flexibility index (Phi) is 3.76. The van der Waals surface area contributed by atoms with Crippen LogP contribution < -0.4 is 0 Å². The second-order valence-corrected chi connectivity index (χ2v) is 6.79. The number of hydrogen-bond acceptors (Lipinski definition) is 2. The number of hydrogen-bond donors (Lipinski definition) is 0. The summed E-state index contributed by atoms with van der Waals surface area (Å²) in [6, 6.07) is 0. The predicted molar refractivity (Wildman–Crippen MR) is 79.9 cm³/mol. The molecule has 1 heterocycles. The molecule has 0 N–H and O–H groups in total. The van der Waals surface area contributed by atoms with E-state index in [2.05, 4.69) is 38.9 Å². The lowest BCUT2D eigenvalue weighted by atomic mass is 10.1. The molecule has 2 atom stereocenters. The lowest BCUT2D eigenvalue weighted by molar-refractivity contribution is -0.132. The Hall–Kier alpha value is -1.58. The summed E-state index contributed by atoms with van der Waals surface area (Å²) < 4.78 is 1.76. The molecular formula is C16H25N3O. The normalized spacial score (nSPS) is 23.3. The summed E-state index contributed by atoms with van der Waals surface area (Å²) in [7, 11) is 3.77. The molecule has 0 unspecified atom stereocenters. The number of carbonyl (C=O) groups excluding carboxylic acids is 1. The minimum absolute atomic E-state index is 0.0809. The summed E-state index contributed by atoms with van der Waals surface area (Å²) in [4.78, 5) is 14.4. The second kappa shape index (κ2) is 5.08. The molecule has 110 valence electrons. The first-order chi connectivity index (χ1) is 9.23. The molecule has 0 aliphatic heterocycles. The summed E-state index contributed by atoms with van der Waals surface area (Å²) in [5.74, 6) is 0.719. The highest BCUT2D eigenvalue weighted by molar-refractivity contribution is 5.83. The fraction of sp³-hybridized carbons (Fsp3) is 0.625. The Morgan fingerprint density at radius 3 is 2.65 bits per heavy atom. The van der Waals surface area contributed by atoms with Gasteiger partial charge in [0.25, 0.3) is 0 Å². The van der Waals surface area contributed by atoms with E-state index in [1.165, 1.54) is 5.57 Å². The standard InChI is InChI=1S/C16H25N3O/c1-11(2)7-13-14(16(13,3)4)15(20)18(5)9-12-8-17-19(6)10-12/h7-8,10,13-14H,9H2,1-6H3/t13-,14+/m0/s1. The molecule has 1 fully saturated rings. The molecular weight excluding hydrogens is 250 g/mol. The van der Waals surface area contributed by atoms with E-state index < -0.39 is 0 Å². The fourth-order valence-electron chi connectivity index (χ4n) is 2.96. The smallest absolute Gasteiger partial charge is 0.226 e. The fourth-order valence-corrected chi connectivity index (χ4v) is 2.96. The Bertz CT molecular complexity index is 538. The van der Waals surface area contributed by atoms with Crippen LogP contribution in [-0.4, -0.2) is 27.6 Å². The van der Waals surface area contributed by atoms with Crippen LogP contribution in [0.2, 0.25) is 0 Å². The monoisotopic (exact) mass is 275 g/mol. The number of aromatic nitrogens is 2. The molecule has 0 radical (unpaired) electrons. The van der Waals surface area contributed by atoms with Gasteiger partial charge in [0.05, 0.1) is 12.1 Å². The number of aryl methyl sites for hydroxylation is 1. The molecule has 1 aromatic rings. The van der Waals surface area contributed by atoms with Crippen LogP contribution in [0.25, 0.3) is 0 Å². The minimum Gasteiger partial charge on any atom is -0.341 e. The summed E-state index contributed by atoms with van der Waals surface area (Å²) in [5, 5.41) is 4.14. The zero-order chi connectivity index (χ0) is 15.1. The molecule has 20 heavy (non-hydrogen) atoms. The van der Waals surface area contributed by atoms with Gasteiger partial charge in [0.2, 0.25) is 5.91 Å². The van der Waals surface area contributed by atoms with Crippen LogP contribution >= 0.6 is 0 Å². The van der Waals surface area contributed by atoms with Crippen molar-refractivity contribution in [2.75, 3.05) is 7.05 Å². The van der Waals surface area contributed by atoms with Crippen molar-refractivity contribution in [3.8, 4) is 0 Å². The Morgan fingerprint density at radius 1 is 1.50 bits per heavy atom. The van der Waals surface area contributed by atoms with Gasteiger partial charge in [0.15, 0.2) is 0 Å². The predicted octanol–water partition coefficient (Wildman–Crippen LogP) is 2.62. The van der Waals surface area contributed by atoms with Crippen molar-refractivity contribution < 1.29 is 4.79 Å². The van der Waals surface area contributed by atoms with Crippen molar-refractivity contribution in [2.45, 2.75) is 34.2 Å². The van der Waals surface area contributed by atoms with E-state index in [0.717, 1.165) is 5.56 Å². The highest BCUT2D eigenvalue weighted by Gasteiger charge is 2.60. The van der Waals surface area contributed by atoms with Crippen molar-refractivity contribution in [3.63, 3.8) is 0 Å². The molecule has 2 rings (SSSR count). The second-order valence-electron chi connectivity index (χ2n) is 6.79. The number of amides is 1. The van der Waals surface area contributed by atoms with Gasteiger partial charge in [-0.1, -0.05) is 25.5 Å². The Labute approximate surface area is 121 Å². The molecule has 0 aromatic carbocycles. The molecule has 1 aromatic heterocycles. The van der Waals surface area contributed by atoms with Crippen LogP contribution in [0, 0.1) is 17.3 Å². The highest BCUT2D eigenvalue weighted by Crippen LogP contribution is 2.60. The average molecular weight is 275 g/mol. The summed E-state index contributed by atoms with van der Waals surface area (Å²) >= 11 is 0. The van der Waals surface area contributed by atoms with Crippen molar-refractivity contribution in [2.24, 2.45) is 24.3 Å². The maximum atomic E-state index is 12.6. The maximum Gasteiger partial charge on any atom is 0.226 e. The number of carbonyl (C=O) groups is 1. The SMILES string of the molecule is CC(C)=C[C@H]1[C@H](C(=O)N(C)Cc2cnn(C)c2)C1(C)C. The third-order valence-electron chi connectivity index (χ3n) is 4.24. The van der Waals surface area contributed by atoms with Gasteiger partial charge in [-0.15, -0.1) is 0 Å². The van der Waals surface area contributed by atoms with Gasteiger partial charge in [0.1, 0.15) is 0 Å². The lowest BCUT2D eigenvalue weighted by Gasteiger charge is -2.17. The largest absolute Gasteiger partial charge is 0.341 e. The number of allylic oxidation sites excluding steroid dienone is 2. The van der Waals surface area contributed by atoms with Gasteiger partial charge < -0.3 is 4.90 Å². The molecule has 1 aliphatic carbocycles.